The molecule has 1 N–H and O–H groups in total. The van der Waals surface area contributed by atoms with Crippen molar-refractivity contribution in [1.82, 2.24) is 9.97 Å². The van der Waals surface area contributed by atoms with Gasteiger partial charge in [0.1, 0.15) is 18.8 Å². The van der Waals surface area contributed by atoms with E-state index in [9.17, 15) is 0 Å². The van der Waals surface area contributed by atoms with Crippen molar-refractivity contribution in [2.75, 3.05) is 19.0 Å². The van der Waals surface area contributed by atoms with E-state index in [1.54, 1.807) is 13.4 Å². The molecule has 1 fully saturated rings. The van der Waals surface area contributed by atoms with Crippen LogP contribution in [0.5, 0.6) is 11.5 Å². The number of rotatable bonds is 6. The second-order valence-electron chi connectivity index (χ2n) is 6.56. The van der Waals surface area contributed by atoms with Gasteiger partial charge in [0.2, 0.25) is 0 Å². The molecule has 1 aromatic heterocycles. The van der Waals surface area contributed by atoms with Crippen LogP contribution >= 0.6 is 0 Å². The van der Waals surface area contributed by atoms with E-state index >= 15 is 0 Å². The number of ether oxygens (including phenoxy) is 2. The second kappa shape index (κ2) is 7.13. The monoisotopic (exact) mass is 337 g/mol. The number of fused-ring (bicyclic) bond motifs is 1. The van der Waals surface area contributed by atoms with E-state index in [1.165, 1.54) is 24.8 Å². The van der Waals surface area contributed by atoms with Crippen molar-refractivity contribution in [2.24, 2.45) is 0 Å². The molecule has 0 aliphatic heterocycles. The topological polar surface area (TPSA) is 56.3 Å². The molecule has 0 unspecified atom stereocenters. The molecule has 2 aliphatic carbocycles. The zero-order valence-corrected chi connectivity index (χ0v) is 14.5. The van der Waals surface area contributed by atoms with Gasteiger partial charge in [-0.05, 0) is 43.7 Å². The number of methoxy groups -OCH3 is 1. The molecule has 0 atom stereocenters. The number of allylic oxidation sites excluding steroid dienone is 2. The summed E-state index contributed by atoms with van der Waals surface area (Å²) in [6.07, 6.45) is 14.0. The van der Waals surface area contributed by atoms with Crippen molar-refractivity contribution in [3.05, 3.63) is 42.3 Å². The molecule has 1 saturated carbocycles. The standard InChI is InChI=1S/C20H23N3O2/c1-24-18-10-16-17(21-13-22-20(16)23-15-8-5-9-15)11-19(18)25-12-14-6-3-2-4-7-14/h3,6-7,10-11,13,15H,2,4-5,8-9,12H2,1H3,(H,21,22,23). The van der Waals surface area contributed by atoms with Crippen molar-refractivity contribution in [1.29, 1.82) is 0 Å². The molecule has 1 heterocycles. The Morgan fingerprint density at radius 1 is 1.16 bits per heavy atom. The Balaban J connectivity index is 1.60. The lowest BCUT2D eigenvalue weighted by Gasteiger charge is -2.27. The average Bonchev–Trinajstić information content (AvgIpc) is 2.63. The van der Waals surface area contributed by atoms with Crippen LogP contribution in [0.15, 0.2) is 42.3 Å². The van der Waals surface area contributed by atoms with Gasteiger partial charge in [-0.2, -0.15) is 0 Å². The zero-order chi connectivity index (χ0) is 17.1. The largest absolute Gasteiger partial charge is 0.493 e. The third-order valence-electron chi connectivity index (χ3n) is 4.83. The van der Waals surface area contributed by atoms with Crippen LogP contribution in [0.1, 0.15) is 32.1 Å². The molecular weight excluding hydrogens is 314 g/mol. The maximum Gasteiger partial charge on any atom is 0.163 e. The summed E-state index contributed by atoms with van der Waals surface area (Å²) in [6.45, 7) is 0.538. The van der Waals surface area contributed by atoms with Crippen LogP contribution in [0.25, 0.3) is 10.9 Å². The molecule has 4 rings (SSSR count). The fourth-order valence-electron chi connectivity index (χ4n) is 3.13. The van der Waals surface area contributed by atoms with Gasteiger partial charge in [0.15, 0.2) is 11.5 Å². The van der Waals surface area contributed by atoms with Crippen LogP contribution in [0.4, 0.5) is 5.82 Å². The smallest absolute Gasteiger partial charge is 0.163 e. The first-order valence-corrected chi connectivity index (χ1v) is 8.91. The Hall–Kier alpha value is -2.56. The van der Waals surface area contributed by atoms with E-state index < -0.39 is 0 Å². The molecule has 0 saturated heterocycles. The van der Waals surface area contributed by atoms with Crippen molar-refractivity contribution >= 4 is 16.7 Å². The first-order chi connectivity index (χ1) is 12.3. The van der Waals surface area contributed by atoms with E-state index in [-0.39, 0.29) is 0 Å². The number of hydrogen-bond acceptors (Lipinski definition) is 5. The number of hydrogen-bond donors (Lipinski definition) is 1. The molecule has 0 bridgehead atoms. The molecular formula is C20H23N3O2. The van der Waals surface area contributed by atoms with Gasteiger partial charge >= 0.3 is 0 Å². The van der Waals surface area contributed by atoms with Gasteiger partial charge in [-0.25, -0.2) is 9.97 Å². The minimum absolute atomic E-state index is 0.519. The van der Waals surface area contributed by atoms with Gasteiger partial charge in [-0.3, -0.25) is 0 Å². The van der Waals surface area contributed by atoms with Crippen LogP contribution in [0, 0.1) is 0 Å². The molecule has 2 aromatic rings. The summed E-state index contributed by atoms with van der Waals surface area (Å²) >= 11 is 0. The Morgan fingerprint density at radius 3 is 2.80 bits per heavy atom. The highest BCUT2D eigenvalue weighted by atomic mass is 16.5. The van der Waals surface area contributed by atoms with Crippen LogP contribution in [0.2, 0.25) is 0 Å². The van der Waals surface area contributed by atoms with Crippen molar-refractivity contribution in [2.45, 2.75) is 38.1 Å². The molecule has 1 aromatic carbocycles. The lowest BCUT2D eigenvalue weighted by molar-refractivity contribution is 0.321. The van der Waals surface area contributed by atoms with E-state index in [0.29, 0.717) is 24.1 Å². The number of anilines is 1. The molecule has 5 nitrogen and oxygen atoms in total. The van der Waals surface area contributed by atoms with Crippen LogP contribution in [-0.2, 0) is 0 Å². The SMILES string of the molecule is COc1cc2c(NC3CCC3)ncnc2cc1OCC1=CCCC=C1. The third kappa shape index (κ3) is 3.45. The average molecular weight is 337 g/mol. The Labute approximate surface area is 147 Å². The highest BCUT2D eigenvalue weighted by Crippen LogP contribution is 2.35. The van der Waals surface area contributed by atoms with Crippen molar-refractivity contribution < 1.29 is 9.47 Å². The Kier molecular flexibility index (Phi) is 4.55. The fraction of sp³-hybridized carbons (Fsp3) is 0.400. The highest BCUT2D eigenvalue weighted by Gasteiger charge is 2.19. The minimum Gasteiger partial charge on any atom is -0.493 e. The van der Waals surface area contributed by atoms with Gasteiger partial charge in [0.05, 0.1) is 12.6 Å². The zero-order valence-electron chi connectivity index (χ0n) is 14.5. The third-order valence-corrected chi connectivity index (χ3v) is 4.83. The van der Waals surface area contributed by atoms with Crippen molar-refractivity contribution in [3.8, 4) is 11.5 Å². The molecule has 0 amide bonds. The molecule has 0 radical (unpaired) electrons. The maximum absolute atomic E-state index is 6.00. The molecule has 2 aliphatic rings. The number of benzene rings is 1. The molecule has 130 valence electrons. The maximum atomic E-state index is 6.00. The Morgan fingerprint density at radius 2 is 2.08 bits per heavy atom. The lowest BCUT2D eigenvalue weighted by Crippen LogP contribution is -2.27. The van der Waals surface area contributed by atoms with Gasteiger partial charge in [-0.15, -0.1) is 0 Å². The van der Waals surface area contributed by atoms with Gasteiger partial charge < -0.3 is 14.8 Å². The van der Waals surface area contributed by atoms with Crippen LogP contribution in [0.3, 0.4) is 0 Å². The predicted molar refractivity (Wildman–Crippen MR) is 99.3 cm³/mol. The summed E-state index contributed by atoms with van der Waals surface area (Å²) in [4.78, 5) is 8.82. The predicted octanol–water partition coefficient (Wildman–Crippen LogP) is 4.26. The van der Waals surface area contributed by atoms with E-state index in [4.69, 9.17) is 9.47 Å². The van der Waals surface area contributed by atoms with E-state index in [2.05, 4.69) is 33.5 Å². The summed E-state index contributed by atoms with van der Waals surface area (Å²) in [6, 6.07) is 4.43. The summed E-state index contributed by atoms with van der Waals surface area (Å²) in [7, 11) is 1.66. The first-order valence-electron chi connectivity index (χ1n) is 8.91. The van der Waals surface area contributed by atoms with Gasteiger partial charge in [-0.1, -0.05) is 18.2 Å². The van der Waals surface area contributed by atoms with E-state index in [0.717, 1.165) is 29.6 Å². The lowest BCUT2D eigenvalue weighted by atomic mass is 9.93. The normalized spacial score (nSPS) is 17.1. The van der Waals surface area contributed by atoms with Gasteiger partial charge in [0, 0.05) is 17.5 Å². The van der Waals surface area contributed by atoms with Crippen LogP contribution in [-0.4, -0.2) is 29.7 Å². The second-order valence-corrected chi connectivity index (χ2v) is 6.56. The van der Waals surface area contributed by atoms with Gasteiger partial charge in [0.25, 0.3) is 0 Å². The fourth-order valence-corrected chi connectivity index (χ4v) is 3.13. The minimum atomic E-state index is 0.519. The Bertz CT molecular complexity index is 825. The quantitative estimate of drug-likeness (QED) is 0.853. The first kappa shape index (κ1) is 15.9. The van der Waals surface area contributed by atoms with Crippen LogP contribution < -0.4 is 14.8 Å². The highest BCUT2D eigenvalue weighted by molar-refractivity contribution is 5.91. The number of aromatic nitrogens is 2. The summed E-state index contributed by atoms with van der Waals surface area (Å²) in [5, 5.41) is 4.48. The molecule has 25 heavy (non-hydrogen) atoms. The summed E-state index contributed by atoms with van der Waals surface area (Å²) in [5.74, 6) is 2.29. The number of nitrogens with one attached hydrogen (secondary N) is 1. The molecule has 0 spiro atoms. The number of nitrogens with zero attached hydrogens (tertiary/aromatic N) is 2. The van der Waals surface area contributed by atoms with Crippen molar-refractivity contribution in [3.63, 3.8) is 0 Å². The summed E-state index contributed by atoms with van der Waals surface area (Å²) in [5.41, 5.74) is 2.06. The molecule has 5 heteroatoms. The summed E-state index contributed by atoms with van der Waals surface area (Å²) < 4.78 is 11.6. The van der Waals surface area contributed by atoms with E-state index in [1.807, 2.05) is 12.1 Å².